The minimum atomic E-state index is 0.465. The van der Waals surface area contributed by atoms with E-state index in [0.717, 1.165) is 19.1 Å². The number of epoxide rings is 1. The van der Waals surface area contributed by atoms with Crippen LogP contribution in [0.5, 0.6) is 0 Å². The summed E-state index contributed by atoms with van der Waals surface area (Å²) in [6, 6.07) is 0.531. The van der Waals surface area contributed by atoms with E-state index in [2.05, 4.69) is 25.7 Å². The van der Waals surface area contributed by atoms with Gasteiger partial charge in [-0.15, -0.1) is 6.58 Å². The summed E-state index contributed by atoms with van der Waals surface area (Å²) in [7, 11) is 0. The first-order valence-electron chi connectivity index (χ1n) is 4.70. The zero-order valence-corrected chi connectivity index (χ0v) is 8.05. The lowest BCUT2D eigenvalue weighted by molar-refractivity contribution is 0.315. The van der Waals surface area contributed by atoms with Crippen LogP contribution in [0.3, 0.4) is 0 Å². The third-order valence-electron chi connectivity index (χ3n) is 2.06. The van der Waals surface area contributed by atoms with E-state index in [4.69, 9.17) is 4.74 Å². The highest BCUT2D eigenvalue weighted by Crippen LogP contribution is 2.19. The zero-order valence-electron chi connectivity index (χ0n) is 8.05. The quantitative estimate of drug-likeness (QED) is 0.482. The second-order valence-corrected chi connectivity index (χ2v) is 3.80. The van der Waals surface area contributed by atoms with Crippen molar-refractivity contribution in [1.29, 1.82) is 0 Å². The van der Waals surface area contributed by atoms with Crippen LogP contribution in [-0.2, 0) is 4.74 Å². The minimum absolute atomic E-state index is 0.465. The summed E-state index contributed by atoms with van der Waals surface area (Å²) >= 11 is 0. The molecule has 1 saturated heterocycles. The Morgan fingerprint density at radius 3 is 2.75 bits per heavy atom. The van der Waals surface area contributed by atoms with Crippen molar-refractivity contribution < 1.29 is 4.74 Å². The number of hydrogen-bond acceptors (Lipinski definition) is 2. The van der Waals surface area contributed by atoms with Crippen molar-refractivity contribution in [2.45, 2.75) is 32.4 Å². The van der Waals surface area contributed by atoms with E-state index in [-0.39, 0.29) is 0 Å². The Labute approximate surface area is 75.0 Å². The lowest BCUT2D eigenvalue weighted by atomic mass is 10.0. The van der Waals surface area contributed by atoms with Gasteiger partial charge >= 0.3 is 0 Å². The van der Waals surface area contributed by atoms with Gasteiger partial charge in [0, 0.05) is 12.6 Å². The Kier molecular flexibility index (Phi) is 3.76. The summed E-state index contributed by atoms with van der Waals surface area (Å²) < 4.78 is 5.27. The molecule has 0 amide bonds. The molecule has 2 atom stereocenters. The predicted molar refractivity (Wildman–Crippen MR) is 51.2 cm³/mol. The molecular weight excluding hydrogens is 150 g/mol. The molecular formula is C10H19NO. The van der Waals surface area contributed by atoms with Gasteiger partial charge in [0.2, 0.25) is 0 Å². The van der Waals surface area contributed by atoms with Crippen molar-refractivity contribution in [1.82, 2.24) is 5.32 Å². The van der Waals surface area contributed by atoms with E-state index >= 15 is 0 Å². The first kappa shape index (κ1) is 9.75. The predicted octanol–water partition coefficient (Wildman–Crippen LogP) is 1.58. The van der Waals surface area contributed by atoms with Crippen LogP contribution in [0, 0.1) is 5.92 Å². The summed E-state index contributed by atoms with van der Waals surface area (Å²) in [6.07, 6.45) is 3.56. The average Bonchev–Trinajstić information content (AvgIpc) is 2.79. The van der Waals surface area contributed by atoms with Crippen LogP contribution in [0.15, 0.2) is 12.7 Å². The van der Waals surface area contributed by atoms with E-state index in [9.17, 15) is 0 Å². The second-order valence-electron chi connectivity index (χ2n) is 3.80. The maximum Gasteiger partial charge on any atom is 0.0962 e. The van der Waals surface area contributed by atoms with Gasteiger partial charge < -0.3 is 10.1 Å². The van der Waals surface area contributed by atoms with E-state index in [0.29, 0.717) is 12.1 Å². The molecule has 0 spiro atoms. The van der Waals surface area contributed by atoms with Crippen LogP contribution in [0.4, 0.5) is 0 Å². The largest absolute Gasteiger partial charge is 0.371 e. The van der Waals surface area contributed by atoms with Crippen molar-refractivity contribution in [2.24, 2.45) is 5.92 Å². The Morgan fingerprint density at radius 2 is 2.33 bits per heavy atom. The molecule has 0 radical (unpaired) electrons. The topological polar surface area (TPSA) is 24.6 Å². The van der Waals surface area contributed by atoms with Crippen LogP contribution in [0.1, 0.15) is 20.3 Å². The van der Waals surface area contributed by atoms with Crippen molar-refractivity contribution >= 4 is 0 Å². The van der Waals surface area contributed by atoms with Gasteiger partial charge in [0.15, 0.2) is 0 Å². The highest BCUT2D eigenvalue weighted by atomic mass is 16.6. The van der Waals surface area contributed by atoms with Gasteiger partial charge in [-0.3, -0.25) is 0 Å². The van der Waals surface area contributed by atoms with Crippen LogP contribution in [-0.4, -0.2) is 25.3 Å². The molecule has 1 rings (SSSR count). The first-order valence-corrected chi connectivity index (χ1v) is 4.70. The fourth-order valence-electron chi connectivity index (χ4n) is 1.40. The van der Waals surface area contributed by atoms with Gasteiger partial charge in [0.25, 0.3) is 0 Å². The fraction of sp³-hybridized carbons (Fsp3) is 0.800. The third-order valence-corrected chi connectivity index (χ3v) is 2.06. The fourth-order valence-corrected chi connectivity index (χ4v) is 1.40. The number of nitrogens with one attached hydrogen (secondary N) is 1. The summed E-state index contributed by atoms with van der Waals surface area (Å²) in [5, 5.41) is 3.42. The molecule has 70 valence electrons. The maximum atomic E-state index is 5.27. The Morgan fingerprint density at radius 1 is 1.67 bits per heavy atom. The Hall–Kier alpha value is -0.340. The first-order chi connectivity index (χ1) is 5.74. The molecule has 1 N–H and O–H groups in total. The molecule has 0 aromatic carbocycles. The van der Waals surface area contributed by atoms with Gasteiger partial charge in [-0.2, -0.15) is 0 Å². The summed E-state index contributed by atoms with van der Waals surface area (Å²) in [4.78, 5) is 0. The molecule has 1 aliphatic rings. The van der Waals surface area contributed by atoms with Crippen molar-refractivity contribution in [3.63, 3.8) is 0 Å². The Bertz CT molecular complexity index is 141. The minimum Gasteiger partial charge on any atom is -0.371 e. The smallest absolute Gasteiger partial charge is 0.0962 e. The van der Waals surface area contributed by atoms with Crippen LogP contribution in [0.25, 0.3) is 0 Å². The summed E-state index contributed by atoms with van der Waals surface area (Å²) in [5.74, 6) is 0.733. The number of ether oxygens (including phenoxy) is 1. The monoisotopic (exact) mass is 169 g/mol. The number of hydrogen-bond donors (Lipinski definition) is 1. The summed E-state index contributed by atoms with van der Waals surface area (Å²) in [5.41, 5.74) is 0. The van der Waals surface area contributed by atoms with Gasteiger partial charge in [-0.1, -0.05) is 19.9 Å². The molecule has 0 saturated carbocycles. The molecule has 1 fully saturated rings. The van der Waals surface area contributed by atoms with Crippen molar-refractivity contribution in [3.05, 3.63) is 12.7 Å². The molecule has 0 aromatic rings. The molecule has 0 bridgehead atoms. The highest BCUT2D eigenvalue weighted by molar-refractivity contribution is 4.87. The van der Waals surface area contributed by atoms with Crippen LogP contribution < -0.4 is 5.32 Å². The highest BCUT2D eigenvalue weighted by Gasteiger charge is 2.32. The van der Waals surface area contributed by atoms with Crippen molar-refractivity contribution in [2.75, 3.05) is 13.2 Å². The molecule has 0 aliphatic carbocycles. The van der Waals surface area contributed by atoms with Gasteiger partial charge in [-0.25, -0.2) is 0 Å². The van der Waals surface area contributed by atoms with Gasteiger partial charge in [0.05, 0.1) is 12.7 Å². The molecule has 12 heavy (non-hydrogen) atoms. The standard InChI is InChI=1S/C10H19NO/c1-4-5-11-9(6-8(2)3)10-7-12-10/h4,8-11H,1,5-7H2,2-3H3/t9-,10+/m1/s1. The average molecular weight is 169 g/mol. The maximum absolute atomic E-state index is 5.27. The van der Waals surface area contributed by atoms with Gasteiger partial charge in [-0.05, 0) is 12.3 Å². The molecule has 1 aliphatic heterocycles. The molecule has 2 nitrogen and oxygen atoms in total. The van der Waals surface area contributed by atoms with Crippen molar-refractivity contribution in [3.8, 4) is 0 Å². The summed E-state index contributed by atoms with van der Waals surface area (Å²) in [6.45, 7) is 9.99. The molecule has 0 aromatic heterocycles. The van der Waals surface area contributed by atoms with Crippen LogP contribution in [0.2, 0.25) is 0 Å². The lowest BCUT2D eigenvalue weighted by Crippen LogP contribution is -2.35. The number of rotatable bonds is 6. The zero-order chi connectivity index (χ0) is 8.97. The SMILES string of the molecule is C=CCN[C@H](CC(C)C)[C@@H]1CO1. The van der Waals surface area contributed by atoms with E-state index < -0.39 is 0 Å². The van der Waals surface area contributed by atoms with E-state index in [1.54, 1.807) is 0 Å². The second kappa shape index (κ2) is 4.63. The third kappa shape index (κ3) is 3.37. The Balaban J connectivity index is 2.22. The van der Waals surface area contributed by atoms with Gasteiger partial charge in [0.1, 0.15) is 0 Å². The van der Waals surface area contributed by atoms with E-state index in [1.165, 1.54) is 6.42 Å². The van der Waals surface area contributed by atoms with Crippen LogP contribution >= 0.6 is 0 Å². The molecule has 0 unspecified atom stereocenters. The lowest BCUT2D eigenvalue weighted by Gasteiger charge is -2.17. The van der Waals surface area contributed by atoms with E-state index in [1.807, 2.05) is 6.08 Å². The molecule has 1 heterocycles. The molecule has 2 heteroatoms. The normalized spacial score (nSPS) is 24.1.